The second-order valence-corrected chi connectivity index (χ2v) is 6.09. The van der Waals surface area contributed by atoms with Crippen LogP contribution in [0.2, 0.25) is 0 Å². The van der Waals surface area contributed by atoms with E-state index in [2.05, 4.69) is 20.6 Å². The molecule has 1 heterocycles. The van der Waals surface area contributed by atoms with Crippen molar-refractivity contribution < 1.29 is 13.9 Å². The van der Waals surface area contributed by atoms with E-state index in [1.54, 1.807) is 24.4 Å². The lowest BCUT2D eigenvalue weighted by atomic mass is 10.3. The first-order chi connectivity index (χ1) is 13.7. The number of halogens is 1. The third-order valence-corrected chi connectivity index (χ3v) is 3.81. The van der Waals surface area contributed by atoms with E-state index in [1.165, 1.54) is 12.1 Å². The van der Waals surface area contributed by atoms with E-state index in [9.17, 15) is 4.39 Å². The van der Waals surface area contributed by atoms with Crippen LogP contribution in [0.5, 0.6) is 11.6 Å². The predicted molar refractivity (Wildman–Crippen MR) is 109 cm³/mol. The van der Waals surface area contributed by atoms with E-state index >= 15 is 0 Å². The van der Waals surface area contributed by atoms with Gasteiger partial charge in [0.05, 0.1) is 6.54 Å². The van der Waals surface area contributed by atoms with E-state index in [1.807, 2.05) is 19.9 Å². The Morgan fingerprint density at radius 3 is 2.57 bits per heavy atom. The Kier molecular flexibility index (Phi) is 9.79. The quantitative estimate of drug-likeness (QED) is 0.347. The summed E-state index contributed by atoms with van der Waals surface area (Å²) in [5, 5.41) is 6.56. The molecule has 0 atom stereocenters. The molecule has 0 saturated heterocycles. The number of nitrogens with zero attached hydrogens (tertiary/aromatic N) is 2. The maximum absolute atomic E-state index is 12.9. The predicted octanol–water partition coefficient (Wildman–Crippen LogP) is 3.88. The minimum atomic E-state index is -0.298. The number of guanidine groups is 1. The van der Waals surface area contributed by atoms with Gasteiger partial charge in [-0.15, -0.1) is 0 Å². The standard InChI is InChI=1S/C21H29FN4O2/c1-3-23-21(24-13-5-6-14-27-4-2)26-16-17-7-12-20(25-15-17)28-19-10-8-18(22)9-11-19/h7-12,15H,3-6,13-14,16H2,1-2H3,(H2,23,24,26). The van der Waals surface area contributed by atoms with Crippen LogP contribution in [0, 0.1) is 5.82 Å². The fraction of sp³-hybridized carbons (Fsp3) is 0.429. The molecule has 7 heteroatoms. The number of nitrogens with one attached hydrogen (secondary N) is 2. The highest BCUT2D eigenvalue weighted by molar-refractivity contribution is 5.79. The minimum Gasteiger partial charge on any atom is -0.439 e. The highest BCUT2D eigenvalue weighted by Crippen LogP contribution is 2.19. The van der Waals surface area contributed by atoms with Crippen molar-refractivity contribution in [2.24, 2.45) is 4.99 Å². The number of aliphatic imine (C=N–C) groups is 1. The molecule has 2 N–H and O–H groups in total. The van der Waals surface area contributed by atoms with E-state index in [-0.39, 0.29) is 5.82 Å². The summed E-state index contributed by atoms with van der Waals surface area (Å²) in [7, 11) is 0. The Labute approximate surface area is 166 Å². The van der Waals surface area contributed by atoms with Crippen molar-refractivity contribution in [1.82, 2.24) is 15.6 Å². The molecular weight excluding hydrogens is 359 g/mol. The molecule has 0 aliphatic rings. The molecule has 0 bridgehead atoms. The normalized spacial score (nSPS) is 11.3. The van der Waals surface area contributed by atoms with Gasteiger partial charge in [0.15, 0.2) is 5.96 Å². The summed E-state index contributed by atoms with van der Waals surface area (Å²) in [4.78, 5) is 8.87. The molecule has 0 aliphatic carbocycles. The van der Waals surface area contributed by atoms with Crippen LogP contribution in [0.15, 0.2) is 47.6 Å². The van der Waals surface area contributed by atoms with E-state index in [0.717, 1.165) is 50.7 Å². The van der Waals surface area contributed by atoms with Crippen molar-refractivity contribution in [2.75, 3.05) is 26.3 Å². The number of unbranched alkanes of at least 4 members (excludes halogenated alkanes) is 1. The zero-order chi connectivity index (χ0) is 20.0. The van der Waals surface area contributed by atoms with Crippen molar-refractivity contribution in [1.29, 1.82) is 0 Å². The van der Waals surface area contributed by atoms with Gasteiger partial charge in [-0.25, -0.2) is 14.4 Å². The Morgan fingerprint density at radius 2 is 1.89 bits per heavy atom. The maximum atomic E-state index is 12.9. The lowest BCUT2D eigenvalue weighted by molar-refractivity contribution is 0.143. The van der Waals surface area contributed by atoms with Gasteiger partial charge in [0.25, 0.3) is 0 Å². The van der Waals surface area contributed by atoms with Crippen LogP contribution in [-0.4, -0.2) is 37.2 Å². The third-order valence-electron chi connectivity index (χ3n) is 3.81. The molecule has 1 aromatic heterocycles. The van der Waals surface area contributed by atoms with Crippen molar-refractivity contribution >= 4 is 5.96 Å². The van der Waals surface area contributed by atoms with Gasteiger partial charge in [0, 0.05) is 38.6 Å². The molecular formula is C21H29FN4O2. The number of pyridine rings is 1. The topological polar surface area (TPSA) is 67.8 Å². The number of hydrogen-bond donors (Lipinski definition) is 2. The summed E-state index contributed by atoms with van der Waals surface area (Å²) >= 11 is 0. The average molecular weight is 388 g/mol. The second kappa shape index (κ2) is 12.7. The zero-order valence-electron chi connectivity index (χ0n) is 16.6. The van der Waals surface area contributed by atoms with Crippen LogP contribution >= 0.6 is 0 Å². The van der Waals surface area contributed by atoms with Gasteiger partial charge >= 0.3 is 0 Å². The molecule has 0 amide bonds. The Hall–Kier alpha value is -2.67. The summed E-state index contributed by atoms with van der Waals surface area (Å²) < 4.78 is 23.9. The third kappa shape index (κ3) is 8.35. The molecule has 0 radical (unpaired) electrons. The summed E-state index contributed by atoms with van der Waals surface area (Å²) in [6.07, 6.45) is 3.79. The lowest BCUT2D eigenvalue weighted by Crippen LogP contribution is -2.37. The van der Waals surface area contributed by atoms with Gasteiger partial charge in [0.2, 0.25) is 5.88 Å². The Morgan fingerprint density at radius 1 is 1.07 bits per heavy atom. The number of aromatic nitrogens is 1. The summed E-state index contributed by atoms with van der Waals surface area (Å²) in [5.41, 5.74) is 0.972. The van der Waals surface area contributed by atoms with Gasteiger partial charge < -0.3 is 20.1 Å². The SMILES string of the molecule is CCNC(=NCc1ccc(Oc2ccc(F)cc2)nc1)NCCCCOCC. The van der Waals surface area contributed by atoms with Gasteiger partial charge in [-0.2, -0.15) is 0 Å². The Bertz CT molecular complexity index is 705. The summed E-state index contributed by atoms with van der Waals surface area (Å²) in [5.74, 6) is 1.49. The van der Waals surface area contributed by atoms with Crippen molar-refractivity contribution in [3.05, 3.63) is 54.0 Å². The second-order valence-electron chi connectivity index (χ2n) is 6.09. The molecule has 1 aromatic carbocycles. The van der Waals surface area contributed by atoms with Crippen molar-refractivity contribution in [3.8, 4) is 11.6 Å². The maximum Gasteiger partial charge on any atom is 0.219 e. The number of rotatable bonds is 11. The number of benzene rings is 1. The molecule has 2 aromatic rings. The van der Waals surface area contributed by atoms with Crippen molar-refractivity contribution in [3.63, 3.8) is 0 Å². The lowest BCUT2D eigenvalue weighted by Gasteiger charge is -2.11. The smallest absolute Gasteiger partial charge is 0.219 e. The molecule has 0 aliphatic heterocycles. The molecule has 0 saturated carbocycles. The van der Waals surface area contributed by atoms with Crippen LogP contribution < -0.4 is 15.4 Å². The molecule has 152 valence electrons. The average Bonchev–Trinajstić information content (AvgIpc) is 2.71. The first-order valence-corrected chi connectivity index (χ1v) is 9.69. The number of hydrogen-bond acceptors (Lipinski definition) is 4. The molecule has 0 unspecified atom stereocenters. The fourth-order valence-corrected chi connectivity index (χ4v) is 2.38. The molecule has 28 heavy (non-hydrogen) atoms. The summed E-state index contributed by atoms with van der Waals surface area (Å²) in [6, 6.07) is 9.54. The van der Waals surface area contributed by atoms with Crippen LogP contribution in [0.3, 0.4) is 0 Å². The van der Waals surface area contributed by atoms with Gasteiger partial charge in [0.1, 0.15) is 11.6 Å². The number of ether oxygens (including phenoxy) is 2. The highest BCUT2D eigenvalue weighted by atomic mass is 19.1. The van der Waals surface area contributed by atoms with Crippen molar-refractivity contribution in [2.45, 2.75) is 33.2 Å². The molecule has 6 nitrogen and oxygen atoms in total. The first kappa shape index (κ1) is 21.6. The molecule has 0 spiro atoms. The fourth-order valence-electron chi connectivity index (χ4n) is 2.38. The van der Waals surface area contributed by atoms with Crippen LogP contribution in [-0.2, 0) is 11.3 Å². The first-order valence-electron chi connectivity index (χ1n) is 9.69. The Balaban J connectivity index is 1.81. The highest BCUT2D eigenvalue weighted by Gasteiger charge is 2.01. The van der Waals surface area contributed by atoms with E-state index < -0.39 is 0 Å². The molecule has 2 rings (SSSR count). The van der Waals surface area contributed by atoms with Gasteiger partial charge in [-0.05, 0) is 56.5 Å². The summed E-state index contributed by atoms with van der Waals surface area (Å²) in [6.45, 7) is 7.76. The molecule has 0 fully saturated rings. The zero-order valence-corrected chi connectivity index (χ0v) is 16.6. The van der Waals surface area contributed by atoms with E-state index in [4.69, 9.17) is 9.47 Å². The van der Waals surface area contributed by atoms with E-state index in [0.29, 0.717) is 18.2 Å². The largest absolute Gasteiger partial charge is 0.439 e. The van der Waals surface area contributed by atoms with Crippen LogP contribution in [0.1, 0.15) is 32.3 Å². The van der Waals surface area contributed by atoms with Crippen LogP contribution in [0.25, 0.3) is 0 Å². The minimum absolute atomic E-state index is 0.298. The van der Waals surface area contributed by atoms with Crippen LogP contribution in [0.4, 0.5) is 4.39 Å². The monoisotopic (exact) mass is 388 g/mol. The van der Waals surface area contributed by atoms with Gasteiger partial charge in [-0.3, -0.25) is 0 Å². The van der Waals surface area contributed by atoms with Gasteiger partial charge in [-0.1, -0.05) is 6.07 Å².